The van der Waals surface area contributed by atoms with Crippen LogP contribution >= 0.6 is 0 Å². The Morgan fingerprint density at radius 2 is 0.500 bits per heavy atom. The van der Waals surface area contributed by atoms with Gasteiger partial charge in [-0.2, -0.15) is 0 Å². The third kappa shape index (κ3) is 33.0. The van der Waals surface area contributed by atoms with Gasteiger partial charge in [0, 0.05) is 17.5 Å². The fraction of sp³-hybridized carbons (Fsp3) is 0.898. The van der Waals surface area contributed by atoms with Gasteiger partial charge in [-0.3, -0.25) is 0 Å². The van der Waals surface area contributed by atoms with Gasteiger partial charge in [0.25, 0.3) is 0 Å². The Balaban J connectivity index is 2.30. The van der Waals surface area contributed by atoms with E-state index in [0.717, 1.165) is 0 Å². The van der Waals surface area contributed by atoms with E-state index >= 15 is 0 Å². The highest BCUT2D eigenvalue weighted by Gasteiger charge is 2.09. The van der Waals surface area contributed by atoms with Crippen molar-refractivity contribution >= 4 is 0 Å². The topological polar surface area (TPSA) is 3.88 Å². The lowest BCUT2D eigenvalue weighted by Gasteiger charge is -2.08. The Hall–Kier alpha value is -0.850. The average molecular weight is 697 g/mol. The largest absolute Gasteiger partial charge is 0.205 e. The van der Waals surface area contributed by atoms with Crippen molar-refractivity contribution in [3.8, 4) is 0 Å². The number of hydrogen-bond donors (Lipinski definition) is 0. The van der Waals surface area contributed by atoms with Crippen molar-refractivity contribution in [3.05, 3.63) is 29.6 Å². The molecule has 0 N–H and O–H groups in total. The SMILES string of the molecule is CCCCCCCCCCCCCCCc1cc(CCCCCCCCCCCCCCC)c[n+](CCCCCCCCCCCCCC)c1. The van der Waals surface area contributed by atoms with Crippen LogP contribution in [-0.2, 0) is 19.4 Å². The van der Waals surface area contributed by atoms with Crippen molar-refractivity contribution in [1.82, 2.24) is 0 Å². The molecule has 0 unspecified atom stereocenters. The molecule has 0 saturated heterocycles. The van der Waals surface area contributed by atoms with Crippen molar-refractivity contribution in [2.75, 3.05) is 0 Å². The fourth-order valence-corrected chi connectivity index (χ4v) is 8.01. The van der Waals surface area contributed by atoms with E-state index < -0.39 is 0 Å². The van der Waals surface area contributed by atoms with E-state index in [1.165, 1.54) is 263 Å². The molecule has 294 valence electrons. The van der Waals surface area contributed by atoms with Crippen LogP contribution in [0.25, 0.3) is 0 Å². The highest BCUT2D eigenvalue weighted by Crippen LogP contribution is 2.17. The molecule has 1 aromatic rings. The Labute approximate surface area is 317 Å². The predicted molar refractivity (Wildman–Crippen MR) is 227 cm³/mol. The summed E-state index contributed by atoms with van der Waals surface area (Å²) in [5.41, 5.74) is 3.22. The van der Waals surface area contributed by atoms with E-state index in [1.807, 2.05) is 0 Å². The van der Waals surface area contributed by atoms with Gasteiger partial charge < -0.3 is 0 Å². The molecule has 0 aliphatic carbocycles. The second-order valence-corrected chi connectivity index (χ2v) is 16.7. The zero-order valence-electron chi connectivity index (χ0n) is 35.2. The number of pyridine rings is 1. The lowest BCUT2D eigenvalue weighted by molar-refractivity contribution is -0.698. The van der Waals surface area contributed by atoms with Crippen LogP contribution in [0, 0.1) is 0 Å². The molecule has 0 spiro atoms. The second kappa shape index (κ2) is 39.4. The van der Waals surface area contributed by atoms with Crippen LogP contribution in [-0.4, -0.2) is 0 Å². The van der Waals surface area contributed by atoms with Crippen molar-refractivity contribution in [2.45, 2.75) is 284 Å². The van der Waals surface area contributed by atoms with Gasteiger partial charge in [0.2, 0.25) is 0 Å². The summed E-state index contributed by atoms with van der Waals surface area (Å²) in [6.45, 7) is 8.16. The molecule has 1 heterocycles. The number of nitrogens with zero attached hydrogens (tertiary/aromatic N) is 1. The number of aryl methyl sites for hydroxylation is 3. The molecule has 1 heteroatoms. The van der Waals surface area contributed by atoms with Crippen molar-refractivity contribution in [2.24, 2.45) is 0 Å². The van der Waals surface area contributed by atoms with Gasteiger partial charge in [0.15, 0.2) is 12.4 Å². The van der Waals surface area contributed by atoms with Crippen LogP contribution in [0.1, 0.15) is 276 Å². The molecular formula is C49H94N+. The molecule has 0 aliphatic heterocycles. The summed E-state index contributed by atoms with van der Waals surface area (Å²) in [5, 5.41) is 0. The van der Waals surface area contributed by atoms with Crippen LogP contribution in [0.3, 0.4) is 0 Å². The predicted octanol–water partition coefficient (Wildman–Crippen LogP) is 16.9. The van der Waals surface area contributed by atoms with Gasteiger partial charge in [-0.15, -0.1) is 0 Å². The van der Waals surface area contributed by atoms with E-state index in [1.54, 1.807) is 11.1 Å². The van der Waals surface area contributed by atoms with E-state index in [0.29, 0.717) is 0 Å². The fourth-order valence-electron chi connectivity index (χ4n) is 8.01. The monoisotopic (exact) mass is 697 g/mol. The maximum atomic E-state index is 2.59. The first-order valence-electron chi connectivity index (χ1n) is 23.8. The molecule has 1 aromatic heterocycles. The van der Waals surface area contributed by atoms with Crippen molar-refractivity contribution in [1.29, 1.82) is 0 Å². The third-order valence-corrected chi connectivity index (χ3v) is 11.4. The van der Waals surface area contributed by atoms with Crippen LogP contribution in [0.15, 0.2) is 18.5 Å². The first-order valence-corrected chi connectivity index (χ1v) is 23.8. The zero-order valence-corrected chi connectivity index (χ0v) is 35.2. The van der Waals surface area contributed by atoms with E-state index in [4.69, 9.17) is 0 Å². The molecular weight excluding hydrogens is 603 g/mol. The number of unbranched alkanes of at least 4 members (excludes halogenated alkanes) is 35. The molecule has 0 aromatic carbocycles. The standard InChI is InChI=1S/C49H94N/c1-4-7-10-13-16-19-22-25-27-30-33-36-39-42-48-45-49(43-40-37-34-31-28-26-23-20-17-14-11-8-5-2)47-50(46-48)44-41-38-35-32-29-24-21-18-15-12-9-6-3/h45-47H,4-44H2,1-3H3/q+1. The molecule has 0 saturated carbocycles. The molecule has 1 rings (SSSR count). The third-order valence-electron chi connectivity index (χ3n) is 11.4. The van der Waals surface area contributed by atoms with Crippen LogP contribution in [0.4, 0.5) is 0 Å². The summed E-state index contributed by atoms with van der Waals surface area (Å²) < 4.78 is 2.59. The van der Waals surface area contributed by atoms with Crippen molar-refractivity contribution < 1.29 is 4.57 Å². The molecule has 50 heavy (non-hydrogen) atoms. The summed E-state index contributed by atoms with van der Waals surface area (Å²) in [4.78, 5) is 0. The quantitative estimate of drug-likeness (QED) is 0.0474. The van der Waals surface area contributed by atoms with Gasteiger partial charge in [-0.1, -0.05) is 239 Å². The number of hydrogen-bond acceptors (Lipinski definition) is 0. The molecule has 0 atom stereocenters. The molecule has 0 radical (unpaired) electrons. The van der Waals surface area contributed by atoms with Gasteiger partial charge in [-0.25, -0.2) is 4.57 Å². The normalized spacial score (nSPS) is 11.6. The molecule has 1 nitrogen and oxygen atoms in total. The minimum absolute atomic E-state index is 1.22. The lowest BCUT2D eigenvalue weighted by atomic mass is 10.0. The van der Waals surface area contributed by atoms with Crippen LogP contribution < -0.4 is 4.57 Å². The Morgan fingerprint density at radius 1 is 0.280 bits per heavy atom. The lowest BCUT2D eigenvalue weighted by Crippen LogP contribution is -2.34. The maximum Gasteiger partial charge on any atom is 0.171 e. The Kier molecular flexibility index (Phi) is 37.1. The van der Waals surface area contributed by atoms with Gasteiger partial charge in [0.05, 0.1) is 0 Å². The van der Waals surface area contributed by atoms with E-state index in [9.17, 15) is 0 Å². The Bertz CT molecular complexity index is 735. The number of aromatic nitrogens is 1. The molecule has 0 fully saturated rings. The summed E-state index contributed by atoms with van der Waals surface area (Å²) in [6, 6.07) is 2.58. The smallest absolute Gasteiger partial charge is 0.171 e. The minimum atomic E-state index is 1.22. The van der Waals surface area contributed by atoms with Gasteiger partial charge in [-0.05, 0) is 38.2 Å². The van der Waals surface area contributed by atoms with Crippen LogP contribution in [0.5, 0.6) is 0 Å². The van der Waals surface area contributed by atoms with Gasteiger partial charge in [0.1, 0.15) is 6.54 Å². The summed E-state index contributed by atoms with van der Waals surface area (Å²) in [7, 11) is 0. The van der Waals surface area contributed by atoms with E-state index in [2.05, 4.69) is 43.8 Å². The first kappa shape index (κ1) is 47.2. The molecule has 0 amide bonds. The highest BCUT2D eigenvalue weighted by molar-refractivity contribution is 5.15. The highest BCUT2D eigenvalue weighted by atomic mass is 14.9. The second-order valence-electron chi connectivity index (χ2n) is 16.7. The number of rotatable bonds is 41. The minimum Gasteiger partial charge on any atom is -0.205 e. The van der Waals surface area contributed by atoms with Gasteiger partial charge >= 0.3 is 0 Å². The van der Waals surface area contributed by atoms with Crippen molar-refractivity contribution in [3.63, 3.8) is 0 Å². The van der Waals surface area contributed by atoms with E-state index in [-0.39, 0.29) is 0 Å². The zero-order chi connectivity index (χ0) is 35.8. The average Bonchev–Trinajstić information content (AvgIpc) is 3.12. The molecule has 0 bridgehead atoms. The first-order chi connectivity index (χ1) is 24.8. The maximum absolute atomic E-state index is 2.59. The summed E-state index contributed by atoms with van der Waals surface area (Å²) in [6.07, 6.45) is 62.3. The summed E-state index contributed by atoms with van der Waals surface area (Å²) >= 11 is 0. The Morgan fingerprint density at radius 3 is 0.760 bits per heavy atom. The van der Waals surface area contributed by atoms with Crippen LogP contribution in [0.2, 0.25) is 0 Å². The molecule has 0 aliphatic rings. The summed E-state index contributed by atoms with van der Waals surface area (Å²) in [5.74, 6) is 0.